The largest absolute Gasteiger partial charge is 0.295 e. The van der Waals surface area contributed by atoms with E-state index in [1.807, 2.05) is 20.0 Å². The van der Waals surface area contributed by atoms with Crippen LogP contribution in [0, 0.1) is 20.8 Å². The van der Waals surface area contributed by atoms with Gasteiger partial charge < -0.3 is 0 Å². The average molecular weight is 343 g/mol. The smallest absolute Gasteiger partial charge is 0.258 e. The fraction of sp³-hybridized carbons (Fsp3) is 0.471. The molecule has 3 aromatic heterocycles. The van der Waals surface area contributed by atoms with Gasteiger partial charge in [-0.2, -0.15) is 5.10 Å². The Hall–Kier alpha value is -1.99. The summed E-state index contributed by atoms with van der Waals surface area (Å²) >= 11 is 1.56. The zero-order chi connectivity index (χ0) is 16.8. The van der Waals surface area contributed by atoms with Crippen molar-refractivity contribution in [1.82, 2.24) is 24.1 Å². The molecule has 0 N–H and O–H groups in total. The van der Waals surface area contributed by atoms with Gasteiger partial charge in [0.2, 0.25) is 0 Å². The minimum Gasteiger partial charge on any atom is -0.295 e. The van der Waals surface area contributed by atoms with Crippen LogP contribution in [0.5, 0.6) is 0 Å². The van der Waals surface area contributed by atoms with Crippen molar-refractivity contribution in [3.8, 4) is 0 Å². The van der Waals surface area contributed by atoms with Crippen LogP contribution in [0.15, 0.2) is 23.1 Å². The van der Waals surface area contributed by atoms with E-state index >= 15 is 0 Å². The summed E-state index contributed by atoms with van der Waals surface area (Å²) in [5.74, 6) is 0. The second-order valence-electron chi connectivity index (χ2n) is 6.63. The third-order valence-electron chi connectivity index (χ3n) is 4.56. The molecule has 1 unspecified atom stereocenters. The molecule has 0 bridgehead atoms. The van der Waals surface area contributed by atoms with Crippen LogP contribution in [-0.2, 0) is 6.54 Å². The monoisotopic (exact) mass is 343 g/mol. The van der Waals surface area contributed by atoms with Gasteiger partial charge in [0.05, 0.1) is 17.4 Å². The molecule has 126 valence electrons. The van der Waals surface area contributed by atoms with Crippen LogP contribution in [-0.4, -0.2) is 37.2 Å². The van der Waals surface area contributed by atoms with Gasteiger partial charge in [0.25, 0.3) is 5.56 Å². The predicted octanol–water partition coefficient (Wildman–Crippen LogP) is 2.32. The number of aryl methyl sites for hydroxylation is 3. The summed E-state index contributed by atoms with van der Waals surface area (Å²) in [6.45, 7) is 8.82. The molecule has 1 aliphatic rings. The van der Waals surface area contributed by atoms with Gasteiger partial charge in [-0.15, -0.1) is 11.3 Å². The van der Waals surface area contributed by atoms with Crippen molar-refractivity contribution in [2.75, 3.05) is 13.1 Å². The Kier molecular flexibility index (Phi) is 3.77. The minimum absolute atomic E-state index is 0.00800. The van der Waals surface area contributed by atoms with Crippen LogP contribution < -0.4 is 5.56 Å². The summed E-state index contributed by atoms with van der Waals surface area (Å²) in [5.41, 5.74) is 3.15. The Bertz CT molecular complexity index is 954. The molecule has 0 amide bonds. The van der Waals surface area contributed by atoms with Gasteiger partial charge in [-0.1, -0.05) is 0 Å². The van der Waals surface area contributed by atoms with Gasteiger partial charge in [0.15, 0.2) is 4.96 Å². The van der Waals surface area contributed by atoms with E-state index in [2.05, 4.69) is 32.7 Å². The lowest BCUT2D eigenvalue weighted by Crippen LogP contribution is -2.24. The average Bonchev–Trinajstić information content (AvgIpc) is 3.18. The maximum atomic E-state index is 12.2. The molecule has 0 saturated carbocycles. The van der Waals surface area contributed by atoms with Gasteiger partial charge in [-0.05, 0) is 33.3 Å². The lowest BCUT2D eigenvalue weighted by Gasteiger charge is -2.16. The van der Waals surface area contributed by atoms with Gasteiger partial charge in [0.1, 0.15) is 0 Å². The summed E-state index contributed by atoms with van der Waals surface area (Å²) in [6.07, 6.45) is 2.94. The molecular weight excluding hydrogens is 322 g/mol. The van der Waals surface area contributed by atoms with Gasteiger partial charge in [-0.25, -0.2) is 4.98 Å². The molecule has 4 heterocycles. The SMILES string of the molecule is Cc1cc(C)n(C2CCN(Cc3cc(=O)n4cc(C)sc4n3)C2)n1. The molecule has 3 aromatic rings. The van der Waals surface area contributed by atoms with Crippen LogP contribution in [0.2, 0.25) is 0 Å². The number of thiazole rings is 1. The quantitative estimate of drug-likeness (QED) is 0.732. The first-order valence-corrected chi connectivity index (χ1v) is 9.05. The lowest BCUT2D eigenvalue weighted by atomic mass is 10.2. The van der Waals surface area contributed by atoms with Crippen LogP contribution >= 0.6 is 11.3 Å². The summed E-state index contributed by atoms with van der Waals surface area (Å²) < 4.78 is 3.77. The van der Waals surface area contributed by atoms with Crippen molar-refractivity contribution in [2.24, 2.45) is 0 Å². The Labute approximate surface area is 144 Å². The van der Waals surface area contributed by atoms with Gasteiger partial charge in [0, 0.05) is 42.5 Å². The summed E-state index contributed by atoms with van der Waals surface area (Å²) in [5, 5.41) is 4.61. The molecule has 4 rings (SSSR count). The first kappa shape index (κ1) is 15.5. The standard InChI is InChI=1S/C17H21N5OS/c1-11-6-12(2)22(19-11)15-4-5-20(10-15)9-14-7-16(23)21-8-13(3)24-17(21)18-14/h6-8,15H,4-5,9-10H2,1-3H3. The fourth-order valence-electron chi connectivity index (χ4n) is 3.54. The maximum Gasteiger partial charge on any atom is 0.258 e. The number of nitrogens with zero attached hydrogens (tertiary/aromatic N) is 5. The van der Waals surface area contributed by atoms with Crippen LogP contribution in [0.25, 0.3) is 4.96 Å². The highest BCUT2D eigenvalue weighted by Gasteiger charge is 2.26. The molecule has 1 saturated heterocycles. The Morgan fingerprint density at radius 1 is 1.29 bits per heavy atom. The minimum atomic E-state index is 0.00800. The van der Waals surface area contributed by atoms with Crippen LogP contribution in [0.1, 0.15) is 34.4 Å². The number of hydrogen-bond acceptors (Lipinski definition) is 5. The second kappa shape index (κ2) is 5.82. The molecule has 7 heteroatoms. The summed E-state index contributed by atoms with van der Waals surface area (Å²) in [4.78, 5) is 21.1. The van der Waals surface area contributed by atoms with E-state index < -0.39 is 0 Å². The van der Waals surface area contributed by atoms with Crippen molar-refractivity contribution >= 4 is 16.3 Å². The van der Waals surface area contributed by atoms with Crippen molar-refractivity contribution in [3.05, 3.63) is 50.6 Å². The highest BCUT2D eigenvalue weighted by molar-refractivity contribution is 7.16. The normalized spacial score (nSPS) is 18.7. The van der Waals surface area contributed by atoms with Crippen molar-refractivity contribution in [3.63, 3.8) is 0 Å². The zero-order valence-electron chi connectivity index (χ0n) is 14.2. The van der Waals surface area contributed by atoms with Crippen LogP contribution in [0.3, 0.4) is 0 Å². The van der Waals surface area contributed by atoms with Crippen molar-refractivity contribution < 1.29 is 0 Å². The molecule has 0 radical (unpaired) electrons. The van der Waals surface area contributed by atoms with E-state index in [1.54, 1.807) is 21.8 Å². The van der Waals surface area contributed by atoms with Crippen molar-refractivity contribution in [2.45, 2.75) is 39.8 Å². The highest BCUT2D eigenvalue weighted by Crippen LogP contribution is 2.24. The van der Waals surface area contributed by atoms with Gasteiger partial charge in [-0.3, -0.25) is 18.8 Å². The molecule has 0 aromatic carbocycles. The van der Waals surface area contributed by atoms with Crippen LogP contribution in [0.4, 0.5) is 0 Å². The third-order valence-corrected chi connectivity index (χ3v) is 5.46. The van der Waals surface area contributed by atoms with E-state index in [4.69, 9.17) is 0 Å². The topological polar surface area (TPSA) is 55.4 Å². The molecule has 0 spiro atoms. The Morgan fingerprint density at radius 3 is 2.88 bits per heavy atom. The van der Waals surface area contributed by atoms with E-state index in [0.29, 0.717) is 6.04 Å². The number of likely N-dealkylation sites (tertiary alicyclic amines) is 1. The first-order chi connectivity index (χ1) is 11.5. The second-order valence-corrected chi connectivity index (χ2v) is 7.84. The molecular formula is C17H21N5OS. The number of aromatic nitrogens is 4. The highest BCUT2D eigenvalue weighted by atomic mass is 32.1. The zero-order valence-corrected chi connectivity index (χ0v) is 15.0. The number of fused-ring (bicyclic) bond motifs is 1. The molecule has 1 atom stereocenters. The molecule has 24 heavy (non-hydrogen) atoms. The fourth-order valence-corrected chi connectivity index (χ4v) is 4.39. The molecule has 6 nitrogen and oxygen atoms in total. The molecule has 1 aliphatic heterocycles. The predicted molar refractivity (Wildman–Crippen MR) is 94.7 cm³/mol. The molecule has 1 fully saturated rings. The maximum absolute atomic E-state index is 12.2. The number of hydrogen-bond donors (Lipinski definition) is 0. The Balaban J connectivity index is 1.52. The van der Waals surface area contributed by atoms with E-state index in [1.165, 1.54) is 5.69 Å². The molecule has 0 aliphatic carbocycles. The summed E-state index contributed by atoms with van der Waals surface area (Å²) in [7, 11) is 0. The van der Waals surface area contributed by atoms with E-state index in [-0.39, 0.29) is 5.56 Å². The van der Waals surface area contributed by atoms with Gasteiger partial charge >= 0.3 is 0 Å². The first-order valence-electron chi connectivity index (χ1n) is 8.23. The Morgan fingerprint density at radius 2 is 2.12 bits per heavy atom. The van der Waals surface area contributed by atoms with E-state index in [9.17, 15) is 4.79 Å². The van der Waals surface area contributed by atoms with Crippen molar-refractivity contribution in [1.29, 1.82) is 0 Å². The van der Waals surface area contributed by atoms with E-state index in [0.717, 1.165) is 47.3 Å². The number of rotatable bonds is 3. The lowest BCUT2D eigenvalue weighted by molar-refractivity contribution is 0.307. The summed E-state index contributed by atoms with van der Waals surface area (Å²) in [6, 6.07) is 4.20. The third kappa shape index (κ3) is 2.78.